The average Bonchev–Trinajstić information content (AvgIpc) is 3.23. The van der Waals surface area contributed by atoms with Crippen LogP contribution in [0.25, 0.3) is 0 Å². The summed E-state index contributed by atoms with van der Waals surface area (Å²) in [6.45, 7) is 4.51. The van der Waals surface area contributed by atoms with Gasteiger partial charge in [-0.2, -0.15) is 0 Å². The maximum atomic E-state index is 12.9. The first kappa shape index (κ1) is 59.9. The predicted molar refractivity (Wildman–Crippen MR) is 265 cm³/mol. The molecule has 0 aliphatic rings. The predicted octanol–water partition coefficient (Wildman–Crippen LogP) is 14.1. The second-order valence-electron chi connectivity index (χ2n) is 18.1. The Hall–Kier alpha value is -2.06. The fraction of sp³-hybridized carbons (Fsp3) is 0.755. The molecule has 0 rings (SSSR count). The Labute approximate surface area is 383 Å². The van der Waals surface area contributed by atoms with E-state index in [1.807, 2.05) is 27.2 Å². The van der Waals surface area contributed by atoms with Crippen LogP contribution in [0.5, 0.6) is 0 Å². The van der Waals surface area contributed by atoms with E-state index >= 15 is 0 Å². The number of likely N-dealkylation sites (N-methyl/N-ethyl adjacent to an activating group) is 1. The van der Waals surface area contributed by atoms with Gasteiger partial charge in [0.1, 0.15) is 13.2 Å². The Kier molecular flexibility index (Phi) is 42.7. The van der Waals surface area contributed by atoms with E-state index in [1.165, 1.54) is 116 Å². The molecule has 0 aromatic heterocycles. The summed E-state index contributed by atoms with van der Waals surface area (Å²) in [7, 11) is 1.23. The number of phosphoric acid groups is 1. The van der Waals surface area contributed by atoms with Crippen molar-refractivity contribution in [2.24, 2.45) is 0 Å². The maximum absolute atomic E-state index is 12.9. The Morgan fingerprint density at radius 3 is 1.50 bits per heavy atom. The van der Waals surface area contributed by atoms with Crippen LogP contribution in [-0.2, 0) is 18.4 Å². The largest absolute Gasteiger partial charge is 0.756 e. The molecule has 9 heteroatoms. The van der Waals surface area contributed by atoms with Crippen LogP contribution in [0.4, 0.5) is 0 Å². The number of phosphoric ester groups is 1. The van der Waals surface area contributed by atoms with Crippen LogP contribution in [0.2, 0.25) is 0 Å². The van der Waals surface area contributed by atoms with E-state index in [9.17, 15) is 19.4 Å². The van der Waals surface area contributed by atoms with Crippen molar-refractivity contribution in [3.8, 4) is 0 Å². The minimum Gasteiger partial charge on any atom is -0.756 e. The van der Waals surface area contributed by atoms with Gasteiger partial charge < -0.3 is 28.8 Å². The van der Waals surface area contributed by atoms with Gasteiger partial charge in [-0.05, 0) is 70.6 Å². The van der Waals surface area contributed by atoms with Crippen molar-refractivity contribution in [2.45, 2.75) is 219 Å². The quantitative estimate of drug-likeness (QED) is 0.0273. The van der Waals surface area contributed by atoms with Crippen molar-refractivity contribution >= 4 is 13.7 Å². The first-order valence-electron chi connectivity index (χ1n) is 25.3. The van der Waals surface area contributed by atoms with Gasteiger partial charge in [0.2, 0.25) is 5.91 Å². The molecular weight excluding hydrogens is 792 g/mol. The Morgan fingerprint density at radius 2 is 1.00 bits per heavy atom. The number of amides is 1. The second kappa shape index (κ2) is 44.2. The molecule has 0 bridgehead atoms. The summed E-state index contributed by atoms with van der Waals surface area (Å²) in [5.41, 5.74) is 0. The molecule has 3 unspecified atom stereocenters. The lowest BCUT2D eigenvalue weighted by atomic mass is 10.0. The molecule has 0 saturated carbocycles. The summed E-state index contributed by atoms with van der Waals surface area (Å²) < 4.78 is 23.3. The molecule has 1 amide bonds. The van der Waals surface area contributed by atoms with E-state index in [0.717, 1.165) is 70.6 Å². The SMILES string of the molecule is CC/C=C\C/C=C\C/C=C\C/C=C\CCCCCCCCCCCCC(=O)NC(COP(=O)([O-])OCC[N+](C)(C)C)C(O)/C=C/CC/C=C/CCCCCCCCCCCCC. The number of hydrogen-bond donors (Lipinski definition) is 2. The van der Waals surface area contributed by atoms with Gasteiger partial charge in [0.05, 0.1) is 39.9 Å². The molecule has 0 heterocycles. The first-order chi connectivity index (χ1) is 30.0. The zero-order chi connectivity index (χ0) is 45.7. The van der Waals surface area contributed by atoms with Gasteiger partial charge in [0.15, 0.2) is 0 Å². The Bertz CT molecular complexity index is 1240. The summed E-state index contributed by atoms with van der Waals surface area (Å²) in [6, 6.07) is -0.909. The highest BCUT2D eigenvalue weighted by atomic mass is 31.2. The summed E-state index contributed by atoms with van der Waals surface area (Å²) in [5.74, 6) is -0.214. The number of carbonyl (C=O) groups excluding carboxylic acids is 1. The zero-order valence-corrected chi connectivity index (χ0v) is 41.7. The Balaban J connectivity index is 4.36. The number of unbranched alkanes of at least 4 members (excludes halogenated alkanes) is 22. The van der Waals surface area contributed by atoms with Gasteiger partial charge in [-0.25, -0.2) is 0 Å². The molecule has 0 saturated heterocycles. The number of aliphatic hydroxyl groups excluding tert-OH is 1. The van der Waals surface area contributed by atoms with E-state index in [0.29, 0.717) is 17.4 Å². The summed E-state index contributed by atoms with van der Waals surface area (Å²) in [4.78, 5) is 25.4. The third kappa shape index (κ3) is 45.9. The number of rotatable bonds is 45. The number of nitrogens with one attached hydrogen (secondary N) is 1. The smallest absolute Gasteiger partial charge is 0.268 e. The van der Waals surface area contributed by atoms with Gasteiger partial charge in [0, 0.05) is 6.42 Å². The van der Waals surface area contributed by atoms with Gasteiger partial charge in [0.25, 0.3) is 7.82 Å². The molecule has 0 aliphatic heterocycles. The Morgan fingerprint density at radius 1 is 0.581 bits per heavy atom. The minimum atomic E-state index is -4.60. The molecule has 62 heavy (non-hydrogen) atoms. The van der Waals surface area contributed by atoms with Crippen LogP contribution in [0.1, 0.15) is 206 Å². The van der Waals surface area contributed by atoms with E-state index in [-0.39, 0.29) is 12.5 Å². The van der Waals surface area contributed by atoms with Crippen molar-refractivity contribution < 1.29 is 32.9 Å². The molecule has 0 fully saturated rings. The van der Waals surface area contributed by atoms with Gasteiger partial charge in [-0.3, -0.25) is 9.36 Å². The number of aliphatic hydroxyl groups is 1. The topological polar surface area (TPSA) is 108 Å². The van der Waals surface area contributed by atoms with Crippen LogP contribution in [-0.4, -0.2) is 68.5 Å². The summed E-state index contributed by atoms with van der Waals surface area (Å²) in [5, 5.41) is 13.8. The monoisotopic (exact) mass is 889 g/mol. The molecule has 0 aromatic rings. The van der Waals surface area contributed by atoms with E-state index in [2.05, 4.69) is 79.9 Å². The van der Waals surface area contributed by atoms with Crippen molar-refractivity contribution in [1.82, 2.24) is 5.32 Å². The van der Waals surface area contributed by atoms with Crippen molar-refractivity contribution in [1.29, 1.82) is 0 Å². The summed E-state index contributed by atoms with van der Waals surface area (Å²) >= 11 is 0. The van der Waals surface area contributed by atoms with Gasteiger partial charge in [-0.1, -0.05) is 202 Å². The number of quaternary nitrogens is 1. The van der Waals surface area contributed by atoms with Gasteiger partial charge in [-0.15, -0.1) is 0 Å². The normalized spacial score (nSPS) is 14.8. The van der Waals surface area contributed by atoms with Crippen LogP contribution in [0.3, 0.4) is 0 Å². The molecule has 0 radical (unpaired) electrons. The zero-order valence-electron chi connectivity index (χ0n) is 40.8. The molecular formula is C53H97N2O6P. The number of hydrogen-bond acceptors (Lipinski definition) is 6. The molecule has 0 spiro atoms. The van der Waals surface area contributed by atoms with Gasteiger partial charge >= 0.3 is 0 Å². The fourth-order valence-electron chi connectivity index (χ4n) is 6.92. The highest BCUT2D eigenvalue weighted by Gasteiger charge is 2.23. The number of carbonyl (C=O) groups is 1. The van der Waals surface area contributed by atoms with Crippen molar-refractivity contribution in [3.63, 3.8) is 0 Å². The highest BCUT2D eigenvalue weighted by Crippen LogP contribution is 2.38. The van der Waals surface area contributed by atoms with Crippen molar-refractivity contribution in [3.05, 3.63) is 72.9 Å². The van der Waals surface area contributed by atoms with E-state index in [1.54, 1.807) is 6.08 Å². The van der Waals surface area contributed by atoms with Crippen LogP contribution in [0, 0.1) is 0 Å². The first-order valence-corrected chi connectivity index (χ1v) is 26.8. The third-order valence-electron chi connectivity index (χ3n) is 10.9. The molecule has 0 aliphatic carbocycles. The molecule has 360 valence electrons. The van der Waals surface area contributed by atoms with Crippen molar-refractivity contribution in [2.75, 3.05) is 40.9 Å². The maximum Gasteiger partial charge on any atom is 0.268 e. The highest BCUT2D eigenvalue weighted by molar-refractivity contribution is 7.45. The van der Waals surface area contributed by atoms with E-state index in [4.69, 9.17) is 9.05 Å². The third-order valence-corrected chi connectivity index (χ3v) is 11.9. The fourth-order valence-corrected chi connectivity index (χ4v) is 7.65. The standard InChI is InChI=1S/C53H97N2O6P/c1-6-8-10-12-14-16-18-20-22-24-25-26-27-28-29-31-33-35-37-39-41-43-45-47-53(57)54-51(50-61-62(58,59)60-49-48-55(3,4)5)52(56)46-44-42-40-38-36-34-32-30-23-21-19-17-15-13-11-9-7-2/h8,10,14,16,20,22,25-26,36,38,44,46,51-52,56H,6-7,9,11-13,15,17-19,21,23-24,27-35,37,39-43,45,47-50H2,1-5H3,(H-,54,57,58,59)/b10-8-,16-14-,22-20-,26-25-,38-36+,46-44+. The number of allylic oxidation sites excluding steroid dienone is 11. The van der Waals surface area contributed by atoms with E-state index < -0.39 is 26.6 Å². The molecule has 3 atom stereocenters. The lowest BCUT2D eigenvalue weighted by Gasteiger charge is -2.29. The molecule has 8 nitrogen and oxygen atoms in total. The van der Waals surface area contributed by atoms with Crippen LogP contribution in [0.15, 0.2) is 72.9 Å². The lowest BCUT2D eigenvalue weighted by molar-refractivity contribution is -0.870. The molecule has 0 aromatic carbocycles. The lowest BCUT2D eigenvalue weighted by Crippen LogP contribution is -2.45. The number of nitrogens with zero attached hydrogens (tertiary/aromatic N) is 1. The minimum absolute atomic E-state index is 0.0101. The molecule has 2 N–H and O–H groups in total. The second-order valence-corrected chi connectivity index (χ2v) is 19.5. The van der Waals surface area contributed by atoms with Crippen LogP contribution < -0.4 is 10.2 Å². The summed E-state index contributed by atoms with van der Waals surface area (Å²) in [6.07, 6.45) is 59.6. The average molecular weight is 889 g/mol. The van der Waals surface area contributed by atoms with Crippen LogP contribution >= 0.6 is 7.82 Å².